The van der Waals surface area contributed by atoms with E-state index in [9.17, 15) is 14.7 Å². The Labute approximate surface area is 164 Å². The van der Waals surface area contributed by atoms with Gasteiger partial charge in [-0.15, -0.1) is 0 Å². The van der Waals surface area contributed by atoms with Gasteiger partial charge in [-0.2, -0.15) is 0 Å². The van der Waals surface area contributed by atoms with Gasteiger partial charge in [0, 0.05) is 12.8 Å². The van der Waals surface area contributed by atoms with Crippen molar-refractivity contribution in [1.82, 2.24) is 0 Å². The summed E-state index contributed by atoms with van der Waals surface area (Å²) in [5.74, 6) is 0.572. The molecule has 0 unspecified atom stereocenters. The van der Waals surface area contributed by atoms with Crippen LogP contribution in [0, 0.1) is 17.8 Å². The Morgan fingerprint density at radius 3 is 1.52 bits per heavy atom. The van der Waals surface area contributed by atoms with E-state index in [1.54, 1.807) is 0 Å². The number of rotatable bonds is 11. The molecule has 0 aromatic rings. The summed E-state index contributed by atoms with van der Waals surface area (Å²) >= 11 is 0. The molecule has 0 heterocycles. The SMILES string of the molecule is O=C(CCC1CCCCC1)OCC(CO)COC(=O)CCC1CCCCC1. The molecule has 2 saturated carbocycles. The Morgan fingerprint density at radius 2 is 1.15 bits per heavy atom. The number of aliphatic hydroxyl groups is 1. The van der Waals surface area contributed by atoms with Crippen LogP contribution in [0.5, 0.6) is 0 Å². The van der Waals surface area contributed by atoms with Crippen molar-refractivity contribution < 1.29 is 24.2 Å². The van der Waals surface area contributed by atoms with Crippen LogP contribution in [-0.4, -0.2) is 36.9 Å². The molecule has 0 aliphatic heterocycles. The van der Waals surface area contributed by atoms with Crippen molar-refractivity contribution >= 4 is 11.9 Å². The fourth-order valence-electron chi connectivity index (χ4n) is 4.32. The zero-order valence-electron chi connectivity index (χ0n) is 16.8. The van der Waals surface area contributed by atoms with Gasteiger partial charge in [-0.05, 0) is 24.7 Å². The lowest BCUT2D eigenvalue weighted by Crippen LogP contribution is -2.24. The van der Waals surface area contributed by atoms with E-state index in [1.165, 1.54) is 64.2 Å². The Bertz CT molecular complexity index is 386. The summed E-state index contributed by atoms with van der Waals surface area (Å²) < 4.78 is 10.6. The summed E-state index contributed by atoms with van der Waals surface area (Å²) in [5.41, 5.74) is 0. The van der Waals surface area contributed by atoms with Gasteiger partial charge in [-0.1, -0.05) is 64.2 Å². The maximum absolute atomic E-state index is 11.9. The van der Waals surface area contributed by atoms with Crippen LogP contribution in [-0.2, 0) is 19.1 Å². The maximum Gasteiger partial charge on any atom is 0.305 e. The van der Waals surface area contributed by atoms with Gasteiger partial charge in [0.05, 0.1) is 25.7 Å². The van der Waals surface area contributed by atoms with Crippen molar-refractivity contribution in [2.75, 3.05) is 19.8 Å². The van der Waals surface area contributed by atoms with Crippen LogP contribution in [0.4, 0.5) is 0 Å². The first-order valence-electron chi connectivity index (χ1n) is 11.1. The van der Waals surface area contributed by atoms with Crippen molar-refractivity contribution in [2.24, 2.45) is 17.8 Å². The number of aliphatic hydroxyl groups excluding tert-OH is 1. The molecule has 27 heavy (non-hydrogen) atoms. The third kappa shape index (κ3) is 9.59. The van der Waals surface area contributed by atoms with Crippen molar-refractivity contribution in [3.8, 4) is 0 Å². The first-order valence-corrected chi connectivity index (χ1v) is 11.1. The van der Waals surface area contributed by atoms with E-state index in [2.05, 4.69) is 0 Å². The van der Waals surface area contributed by atoms with Gasteiger partial charge in [-0.25, -0.2) is 0 Å². The molecule has 2 rings (SSSR count). The largest absolute Gasteiger partial charge is 0.465 e. The summed E-state index contributed by atoms with van der Waals surface area (Å²) in [6, 6.07) is 0. The summed E-state index contributed by atoms with van der Waals surface area (Å²) in [6.07, 6.45) is 15.3. The monoisotopic (exact) mass is 382 g/mol. The third-order valence-electron chi connectivity index (χ3n) is 6.18. The normalized spacial score (nSPS) is 19.2. The summed E-state index contributed by atoms with van der Waals surface area (Å²) in [7, 11) is 0. The molecule has 0 amide bonds. The predicted molar refractivity (Wildman–Crippen MR) is 104 cm³/mol. The summed E-state index contributed by atoms with van der Waals surface area (Å²) in [6.45, 7) is 0.0949. The van der Waals surface area contributed by atoms with E-state index in [0.717, 1.165) is 12.8 Å². The lowest BCUT2D eigenvalue weighted by Gasteiger charge is -2.21. The molecule has 2 aliphatic carbocycles. The number of hydrogen-bond acceptors (Lipinski definition) is 5. The molecular weight excluding hydrogens is 344 g/mol. The number of carbonyl (C=O) groups excluding carboxylic acids is 2. The quantitative estimate of drug-likeness (QED) is 0.536. The first kappa shape index (κ1) is 22.2. The lowest BCUT2D eigenvalue weighted by atomic mass is 9.86. The highest BCUT2D eigenvalue weighted by Gasteiger charge is 2.19. The van der Waals surface area contributed by atoms with Crippen molar-refractivity contribution in [2.45, 2.75) is 89.9 Å². The van der Waals surface area contributed by atoms with Gasteiger partial charge in [0.25, 0.3) is 0 Å². The topological polar surface area (TPSA) is 72.8 Å². The van der Waals surface area contributed by atoms with Crippen molar-refractivity contribution in [1.29, 1.82) is 0 Å². The Kier molecular flexibility index (Phi) is 10.8. The lowest BCUT2D eigenvalue weighted by molar-refractivity contribution is -0.150. The number of hydrogen-bond donors (Lipinski definition) is 1. The minimum absolute atomic E-state index is 0.121. The van der Waals surface area contributed by atoms with E-state index >= 15 is 0 Å². The highest BCUT2D eigenvalue weighted by molar-refractivity contribution is 5.69. The van der Waals surface area contributed by atoms with E-state index in [-0.39, 0.29) is 37.7 Å². The zero-order chi connectivity index (χ0) is 19.3. The first-order chi connectivity index (χ1) is 13.2. The van der Waals surface area contributed by atoms with Gasteiger partial charge < -0.3 is 14.6 Å². The molecule has 0 saturated heterocycles. The average Bonchev–Trinajstić information content (AvgIpc) is 2.72. The van der Waals surface area contributed by atoms with Crippen molar-refractivity contribution in [3.05, 3.63) is 0 Å². The van der Waals surface area contributed by atoms with Crippen LogP contribution in [0.3, 0.4) is 0 Å². The van der Waals surface area contributed by atoms with Crippen LogP contribution in [0.15, 0.2) is 0 Å². The molecule has 0 aromatic heterocycles. The highest BCUT2D eigenvalue weighted by Crippen LogP contribution is 2.28. The molecule has 5 nitrogen and oxygen atoms in total. The smallest absolute Gasteiger partial charge is 0.305 e. The second-order valence-corrected chi connectivity index (χ2v) is 8.50. The molecule has 2 aliphatic rings. The van der Waals surface area contributed by atoms with Crippen LogP contribution < -0.4 is 0 Å². The minimum atomic E-state index is -0.331. The number of ether oxygens (including phenoxy) is 2. The minimum Gasteiger partial charge on any atom is -0.465 e. The zero-order valence-corrected chi connectivity index (χ0v) is 16.8. The molecule has 0 aromatic carbocycles. The van der Waals surface area contributed by atoms with Crippen LogP contribution in [0.1, 0.15) is 89.9 Å². The third-order valence-corrected chi connectivity index (χ3v) is 6.18. The molecule has 5 heteroatoms. The summed E-state index contributed by atoms with van der Waals surface area (Å²) in [5, 5.41) is 9.44. The van der Waals surface area contributed by atoms with Gasteiger partial charge in [0.2, 0.25) is 0 Å². The second kappa shape index (κ2) is 13.1. The Balaban J connectivity index is 1.53. The molecular formula is C22H38O5. The highest BCUT2D eigenvalue weighted by atomic mass is 16.5. The van der Waals surface area contributed by atoms with E-state index in [0.29, 0.717) is 24.7 Å². The molecule has 1 N–H and O–H groups in total. The standard InChI is InChI=1S/C22H38O5/c23-15-20(16-26-21(24)13-11-18-7-3-1-4-8-18)17-27-22(25)14-12-19-9-5-2-6-10-19/h18-20,23H,1-17H2. The molecule has 0 spiro atoms. The molecule has 0 bridgehead atoms. The fourth-order valence-corrected chi connectivity index (χ4v) is 4.32. The van der Waals surface area contributed by atoms with Gasteiger partial charge in [-0.3, -0.25) is 9.59 Å². The maximum atomic E-state index is 11.9. The predicted octanol–water partition coefficient (Wildman–Crippen LogP) is 4.40. The van der Waals surface area contributed by atoms with Crippen LogP contribution >= 0.6 is 0 Å². The van der Waals surface area contributed by atoms with Crippen molar-refractivity contribution in [3.63, 3.8) is 0 Å². The van der Waals surface area contributed by atoms with E-state index in [1.807, 2.05) is 0 Å². The number of esters is 2. The molecule has 0 atom stereocenters. The van der Waals surface area contributed by atoms with Gasteiger partial charge >= 0.3 is 11.9 Å². The van der Waals surface area contributed by atoms with Gasteiger partial charge in [0.15, 0.2) is 0 Å². The molecule has 156 valence electrons. The van der Waals surface area contributed by atoms with Gasteiger partial charge in [0.1, 0.15) is 0 Å². The van der Waals surface area contributed by atoms with Crippen LogP contribution in [0.25, 0.3) is 0 Å². The fraction of sp³-hybridized carbons (Fsp3) is 0.909. The molecule has 0 radical (unpaired) electrons. The summed E-state index contributed by atoms with van der Waals surface area (Å²) in [4.78, 5) is 23.8. The Morgan fingerprint density at radius 1 is 0.741 bits per heavy atom. The molecule has 2 fully saturated rings. The number of carbonyl (C=O) groups is 2. The van der Waals surface area contributed by atoms with E-state index < -0.39 is 0 Å². The average molecular weight is 383 g/mol. The van der Waals surface area contributed by atoms with Crippen LogP contribution in [0.2, 0.25) is 0 Å². The Hall–Kier alpha value is -1.10. The van der Waals surface area contributed by atoms with E-state index in [4.69, 9.17) is 9.47 Å². The second-order valence-electron chi connectivity index (χ2n) is 8.50.